The summed E-state index contributed by atoms with van der Waals surface area (Å²) in [6.45, 7) is 5.67. The topological polar surface area (TPSA) is 97.1 Å². The molecule has 0 aliphatic carbocycles. The van der Waals surface area contributed by atoms with Crippen LogP contribution in [-0.2, 0) is 4.79 Å². The predicted molar refractivity (Wildman–Crippen MR) is 110 cm³/mol. The minimum absolute atomic E-state index is 0.0561. The van der Waals surface area contributed by atoms with Crippen molar-refractivity contribution in [2.75, 3.05) is 7.05 Å². The first-order valence-corrected chi connectivity index (χ1v) is 9.40. The van der Waals surface area contributed by atoms with Crippen LogP contribution in [0.5, 0.6) is 0 Å². The normalized spacial score (nSPS) is 11.9. The summed E-state index contributed by atoms with van der Waals surface area (Å²) in [6.07, 6.45) is 3.52. The first-order chi connectivity index (χ1) is 13.9. The zero-order valence-corrected chi connectivity index (χ0v) is 16.9. The molecule has 0 bridgehead atoms. The molecule has 0 saturated carbocycles. The second kappa shape index (κ2) is 8.68. The number of aromatic nitrogens is 2. The lowest BCUT2D eigenvalue weighted by molar-refractivity contribution is -0.123. The maximum atomic E-state index is 12.5. The van der Waals surface area contributed by atoms with Crippen LogP contribution in [0.3, 0.4) is 0 Å². The number of hydrogen-bond acceptors (Lipinski definition) is 5. The average molecular weight is 392 g/mol. The van der Waals surface area contributed by atoms with Crippen molar-refractivity contribution in [3.05, 3.63) is 60.2 Å². The fraction of sp³-hybridized carbons (Fsp3) is 0.273. The van der Waals surface area contributed by atoms with Crippen molar-refractivity contribution < 1.29 is 14.0 Å². The highest BCUT2D eigenvalue weighted by Gasteiger charge is 2.25. The highest BCUT2D eigenvalue weighted by molar-refractivity contribution is 5.96. The summed E-state index contributed by atoms with van der Waals surface area (Å²) in [5.41, 5.74) is 3.55. The summed E-state index contributed by atoms with van der Waals surface area (Å²) < 4.78 is 5.67. The highest BCUT2D eigenvalue weighted by Crippen LogP contribution is 2.24. The molecule has 0 spiro atoms. The van der Waals surface area contributed by atoms with Crippen LogP contribution >= 0.6 is 0 Å². The number of pyridine rings is 2. The SMILES string of the molecule is CNC(=O)C(NC(=O)c1ccc(-c2ccc(-c3ccnc(C)c3)cn2)o1)C(C)C. The molecule has 7 heteroatoms. The van der Waals surface area contributed by atoms with Gasteiger partial charge in [0.25, 0.3) is 5.91 Å². The van der Waals surface area contributed by atoms with Crippen molar-refractivity contribution in [1.29, 1.82) is 0 Å². The second-order valence-corrected chi connectivity index (χ2v) is 7.09. The van der Waals surface area contributed by atoms with E-state index in [1.165, 1.54) is 7.05 Å². The molecular formula is C22H24N4O3. The Morgan fingerprint density at radius 2 is 1.83 bits per heavy atom. The van der Waals surface area contributed by atoms with Gasteiger partial charge in [-0.15, -0.1) is 0 Å². The van der Waals surface area contributed by atoms with Crippen molar-refractivity contribution in [2.24, 2.45) is 5.92 Å². The number of nitrogens with zero attached hydrogens (tertiary/aromatic N) is 2. The Hall–Kier alpha value is -3.48. The number of nitrogens with one attached hydrogen (secondary N) is 2. The minimum Gasteiger partial charge on any atom is -0.449 e. The Balaban J connectivity index is 1.75. The van der Waals surface area contributed by atoms with Gasteiger partial charge in [-0.2, -0.15) is 0 Å². The Morgan fingerprint density at radius 3 is 2.45 bits per heavy atom. The van der Waals surface area contributed by atoms with E-state index in [0.717, 1.165) is 16.8 Å². The molecule has 0 saturated heterocycles. The molecule has 0 aromatic carbocycles. The van der Waals surface area contributed by atoms with E-state index in [9.17, 15) is 9.59 Å². The third-order valence-corrected chi connectivity index (χ3v) is 4.56. The van der Waals surface area contributed by atoms with Crippen molar-refractivity contribution >= 4 is 11.8 Å². The number of aryl methyl sites for hydroxylation is 1. The van der Waals surface area contributed by atoms with Crippen molar-refractivity contribution in [3.63, 3.8) is 0 Å². The average Bonchev–Trinajstić information content (AvgIpc) is 3.21. The number of rotatable bonds is 6. The highest BCUT2D eigenvalue weighted by atomic mass is 16.4. The molecule has 3 heterocycles. The summed E-state index contributed by atoms with van der Waals surface area (Å²) >= 11 is 0. The molecule has 1 unspecified atom stereocenters. The number of carbonyl (C=O) groups is 2. The summed E-state index contributed by atoms with van der Waals surface area (Å²) in [7, 11) is 1.54. The van der Waals surface area contributed by atoms with Gasteiger partial charge in [-0.3, -0.25) is 19.6 Å². The largest absolute Gasteiger partial charge is 0.449 e. The lowest BCUT2D eigenvalue weighted by Gasteiger charge is -2.19. The van der Waals surface area contributed by atoms with Crippen LogP contribution in [0, 0.1) is 12.8 Å². The fourth-order valence-corrected chi connectivity index (χ4v) is 2.94. The molecule has 7 nitrogen and oxygen atoms in total. The zero-order chi connectivity index (χ0) is 21.0. The number of furan rings is 1. The molecule has 1 atom stereocenters. The Kier molecular flexibility index (Phi) is 6.07. The minimum atomic E-state index is -0.637. The predicted octanol–water partition coefficient (Wildman–Crippen LogP) is 3.21. The molecule has 3 aromatic heterocycles. The van der Waals surface area contributed by atoms with Gasteiger partial charge in [0.1, 0.15) is 11.7 Å². The Labute approximate surface area is 169 Å². The molecule has 3 rings (SSSR count). The molecular weight excluding hydrogens is 368 g/mol. The third kappa shape index (κ3) is 4.68. The van der Waals surface area contributed by atoms with E-state index in [4.69, 9.17) is 4.42 Å². The van der Waals surface area contributed by atoms with Gasteiger partial charge in [0.15, 0.2) is 11.5 Å². The van der Waals surface area contributed by atoms with Crippen molar-refractivity contribution in [3.8, 4) is 22.6 Å². The summed E-state index contributed by atoms with van der Waals surface area (Å²) in [5, 5.41) is 5.27. The summed E-state index contributed by atoms with van der Waals surface area (Å²) in [4.78, 5) is 33.1. The Bertz CT molecular complexity index is 1010. The van der Waals surface area contributed by atoms with E-state index in [0.29, 0.717) is 11.5 Å². The quantitative estimate of drug-likeness (QED) is 0.671. The molecule has 0 fully saturated rings. The zero-order valence-electron chi connectivity index (χ0n) is 16.9. The maximum Gasteiger partial charge on any atom is 0.287 e. The van der Waals surface area contributed by atoms with Gasteiger partial charge < -0.3 is 15.1 Å². The number of likely N-dealkylation sites (N-methyl/N-ethyl adjacent to an activating group) is 1. The number of amides is 2. The third-order valence-electron chi connectivity index (χ3n) is 4.56. The molecule has 0 aliphatic rings. The lowest BCUT2D eigenvalue weighted by atomic mass is 10.0. The van der Waals surface area contributed by atoms with Crippen LogP contribution in [0.2, 0.25) is 0 Å². The Morgan fingerprint density at radius 1 is 1.03 bits per heavy atom. The monoisotopic (exact) mass is 392 g/mol. The first-order valence-electron chi connectivity index (χ1n) is 9.40. The lowest BCUT2D eigenvalue weighted by Crippen LogP contribution is -2.48. The van der Waals surface area contributed by atoms with Crippen molar-refractivity contribution in [1.82, 2.24) is 20.6 Å². The molecule has 0 radical (unpaired) electrons. The van der Waals surface area contributed by atoms with Crippen molar-refractivity contribution in [2.45, 2.75) is 26.8 Å². The second-order valence-electron chi connectivity index (χ2n) is 7.09. The number of hydrogen-bond donors (Lipinski definition) is 2. The van der Waals surface area contributed by atoms with Gasteiger partial charge in [0, 0.05) is 30.7 Å². The fourth-order valence-electron chi connectivity index (χ4n) is 2.94. The van der Waals surface area contributed by atoms with Crippen LogP contribution in [-0.4, -0.2) is 34.9 Å². The molecule has 29 heavy (non-hydrogen) atoms. The van der Waals surface area contributed by atoms with Crippen LogP contribution in [0.1, 0.15) is 30.1 Å². The van der Waals surface area contributed by atoms with Gasteiger partial charge in [-0.1, -0.05) is 19.9 Å². The smallest absolute Gasteiger partial charge is 0.287 e. The van der Waals surface area contributed by atoms with Gasteiger partial charge in [-0.25, -0.2) is 0 Å². The van der Waals surface area contributed by atoms with Crippen LogP contribution in [0.4, 0.5) is 0 Å². The van der Waals surface area contributed by atoms with Crippen LogP contribution in [0.15, 0.2) is 53.2 Å². The van der Waals surface area contributed by atoms with Gasteiger partial charge in [0.05, 0.1) is 0 Å². The van der Waals surface area contributed by atoms with E-state index < -0.39 is 11.9 Å². The van der Waals surface area contributed by atoms with E-state index >= 15 is 0 Å². The van der Waals surface area contributed by atoms with E-state index in [2.05, 4.69) is 20.6 Å². The van der Waals surface area contributed by atoms with E-state index in [1.807, 2.05) is 45.0 Å². The maximum absolute atomic E-state index is 12.5. The van der Waals surface area contributed by atoms with Gasteiger partial charge in [0.2, 0.25) is 5.91 Å². The summed E-state index contributed by atoms with van der Waals surface area (Å²) in [5.74, 6) is -0.135. The molecule has 2 amide bonds. The molecule has 3 aromatic rings. The van der Waals surface area contributed by atoms with E-state index in [-0.39, 0.29) is 17.6 Å². The van der Waals surface area contributed by atoms with E-state index in [1.54, 1.807) is 24.5 Å². The van der Waals surface area contributed by atoms with Gasteiger partial charge in [-0.05, 0) is 48.7 Å². The van der Waals surface area contributed by atoms with Crippen LogP contribution < -0.4 is 10.6 Å². The number of carbonyl (C=O) groups excluding carboxylic acids is 2. The summed E-state index contributed by atoms with van der Waals surface area (Å²) in [6, 6.07) is 10.3. The molecule has 150 valence electrons. The first kappa shape index (κ1) is 20.3. The standard InChI is InChI=1S/C22H24N4O3/c1-13(2)20(22(28)23-4)26-21(27)19-8-7-18(29-19)17-6-5-16(12-25-17)15-9-10-24-14(3)11-15/h5-13,20H,1-4H3,(H,23,28)(H,26,27). The molecule has 0 aliphatic heterocycles. The van der Waals surface area contributed by atoms with Crippen LogP contribution in [0.25, 0.3) is 22.6 Å². The van der Waals surface area contributed by atoms with Gasteiger partial charge >= 0.3 is 0 Å². The molecule has 2 N–H and O–H groups in total.